The number of halogens is 2. The van der Waals surface area contributed by atoms with Crippen molar-refractivity contribution in [1.82, 2.24) is 0 Å². The van der Waals surface area contributed by atoms with E-state index in [0.717, 1.165) is 0 Å². The van der Waals surface area contributed by atoms with Crippen molar-refractivity contribution in [3.63, 3.8) is 0 Å². The van der Waals surface area contributed by atoms with Gasteiger partial charge < -0.3 is 0 Å². The van der Waals surface area contributed by atoms with Crippen molar-refractivity contribution in [3.05, 3.63) is 34.6 Å². The molecule has 0 saturated carbocycles. The van der Waals surface area contributed by atoms with Gasteiger partial charge in [-0.15, -0.1) is 11.8 Å². The SMILES string of the molecule is CC1SC(Cc2cc(Cl)ccc2F)CC1=O. The van der Waals surface area contributed by atoms with Gasteiger partial charge in [-0.05, 0) is 37.1 Å². The normalized spacial score (nSPS) is 25.1. The van der Waals surface area contributed by atoms with Crippen LogP contribution in [0.5, 0.6) is 0 Å². The molecule has 1 aliphatic rings. The number of hydrogen-bond acceptors (Lipinski definition) is 2. The Bertz CT molecular complexity index is 421. The summed E-state index contributed by atoms with van der Waals surface area (Å²) < 4.78 is 13.5. The van der Waals surface area contributed by atoms with E-state index in [9.17, 15) is 9.18 Å². The minimum Gasteiger partial charge on any atom is -0.298 e. The van der Waals surface area contributed by atoms with Crippen LogP contribution in [0.4, 0.5) is 4.39 Å². The zero-order chi connectivity index (χ0) is 11.7. The third-order valence-corrected chi connectivity index (χ3v) is 4.36. The molecular weight excluding hydrogens is 247 g/mol. The second-order valence-electron chi connectivity index (χ2n) is 4.01. The number of carbonyl (C=O) groups excluding carboxylic acids is 1. The number of Topliss-reactive ketones (excluding diaryl/α,β-unsaturated/α-hetero) is 1. The Hall–Kier alpha value is -0.540. The second-order valence-corrected chi connectivity index (χ2v) is 6.09. The lowest BCUT2D eigenvalue weighted by molar-refractivity contribution is -0.117. The first-order chi connectivity index (χ1) is 7.56. The van der Waals surface area contributed by atoms with Crippen LogP contribution in [0.1, 0.15) is 18.9 Å². The molecule has 0 spiro atoms. The molecule has 2 unspecified atom stereocenters. The number of hydrogen-bond donors (Lipinski definition) is 0. The highest BCUT2D eigenvalue weighted by atomic mass is 35.5. The van der Waals surface area contributed by atoms with Crippen LogP contribution >= 0.6 is 23.4 Å². The van der Waals surface area contributed by atoms with Gasteiger partial charge in [0, 0.05) is 16.7 Å². The Balaban J connectivity index is 2.10. The largest absolute Gasteiger partial charge is 0.298 e. The average molecular weight is 259 g/mol. The molecule has 0 radical (unpaired) electrons. The molecule has 0 aliphatic carbocycles. The Kier molecular flexibility index (Phi) is 3.55. The van der Waals surface area contributed by atoms with Crippen LogP contribution in [-0.2, 0) is 11.2 Å². The molecule has 86 valence electrons. The van der Waals surface area contributed by atoms with Crippen molar-refractivity contribution in [2.75, 3.05) is 0 Å². The van der Waals surface area contributed by atoms with Crippen LogP contribution in [0.25, 0.3) is 0 Å². The molecule has 0 amide bonds. The van der Waals surface area contributed by atoms with Gasteiger partial charge >= 0.3 is 0 Å². The molecule has 4 heteroatoms. The van der Waals surface area contributed by atoms with Gasteiger partial charge in [-0.3, -0.25) is 4.79 Å². The smallest absolute Gasteiger partial charge is 0.146 e. The van der Waals surface area contributed by atoms with E-state index in [4.69, 9.17) is 11.6 Å². The summed E-state index contributed by atoms with van der Waals surface area (Å²) in [6.45, 7) is 1.90. The van der Waals surface area contributed by atoms with Crippen molar-refractivity contribution in [3.8, 4) is 0 Å². The Morgan fingerprint density at radius 1 is 1.56 bits per heavy atom. The van der Waals surface area contributed by atoms with Crippen LogP contribution in [0, 0.1) is 5.82 Å². The van der Waals surface area contributed by atoms with Crippen LogP contribution in [-0.4, -0.2) is 16.3 Å². The van der Waals surface area contributed by atoms with Gasteiger partial charge in [0.05, 0.1) is 5.25 Å². The quantitative estimate of drug-likeness (QED) is 0.808. The number of carbonyl (C=O) groups is 1. The van der Waals surface area contributed by atoms with Gasteiger partial charge in [0.1, 0.15) is 11.6 Å². The molecule has 1 aliphatic heterocycles. The summed E-state index contributed by atoms with van der Waals surface area (Å²) in [7, 11) is 0. The summed E-state index contributed by atoms with van der Waals surface area (Å²) in [5.41, 5.74) is 0.604. The lowest BCUT2D eigenvalue weighted by Crippen LogP contribution is -2.06. The summed E-state index contributed by atoms with van der Waals surface area (Å²) in [5.74, 6) is 0.0226. The fraction of sp³-hybridized carbons (Fsp3) is 0.417. The Morgan fingerprint density at radius 2 is 2.31 bits per heavy atom. The molecule has 2 rings (SSSR count). The lowest BCUT2D eigenvalue weighted by Gasteiger charge is -2.09. The summed E-state index contributed by atoms with van der Waals surface area (Å²) in [6, 6.07) is 4.56. The number of ketones is 1. The van der Waals surface area contributed by atoms with Crippen molar-refractivity contribution < 1.29 is 9.18 Å². The van der Waals surface area contributed by atoms with E-state index in [1.54, 1.807) is 17.8 Å². The van der Waals surface area contributed by atoms with E-state index in [1.165, 1.54) is 12.1 Å². The van der Waals surface area contributed by atoms with E-state index >= 15 is 0 Å². The Morgan fingerprint density at radius 3 is 2.94 bits per heavy atom. The van der Waals surface area contributed by atoms with Crippen molar-refractivity contribution in [2.24, 2.45) is 0 Å². The van der Waals surface area contributed by atoms with E-state index < -0.39 is 0 Å². The topological polar surface area (TPSA) is 17.1 Å². The van der Waals surface area contributed by atoms with Crippen molar-refractivity contribution in [2.45, 2.75) is 30.3 Å². The lowest BCUT2D eigenvalue weighted by atomic mass is 10.1. The third-order valence-electron chi connectivity index (χ3n) is 2.73. The highest BCUT2D eigenvalue weighted by Crippen LogP contribution is 2.33. The minimum atomic E-state index is -0.239. The molecule has 1 heterocycles. The first kappa shape index (κ1) is 11.9. The van der Waals surface area contributed by atoms with Crippen molar-refractivity contribution >= 4 is 29.1 Å². The van der Waals surface area contributed by atoms with Crippen LogP contribution < -0.4 is 0 Å². The molecule has 1 nitrogen and oxygen atoms in total. The van der Waals surface area contributed by atoms with E-state index in [1.807, 2.05) is 6.92 Å². The molecule has 1 aromatic rings. The standard InChI is InChI=1S/C12H12ClFOS/c1-7-12(15)6-10(16-7)5-8-4-9(13)2-3-11(8)14/h2-4,7,10H,5-6H2,1H3. The van der Waals surface area contributed by atoms with Crippen LogP contribution in [0.15, 0.2) is 18.2 Å². The van der Waals surface area contributed by atoms with Gasteiger partial charge in [0.25, 0.3) is 0 Å². The zero-order valence-corrected chi connectivity index (χ0v) is 10.4. The fourth-order valence-corrected chi connectivity index (χ4v) is 3.42. The van der Waals surface area contributed by atoms with Gasteiger partial charge in [-0.1, -0.05) is 11.6 Å². The highest BCUT2D eigenvalue weighted by Gasteiger charge is 2.30. The predicted octanol–water partition coefficient (Wildman–Crippen LogP) is 3.48. The monoisotopic (exact) mass is 258 g/mol. The minimum absolute atomic E-state index is 0.0484. The average Bonchev–Trinajstić information content (AvgIpc) is 2.52. The number of rotatable bonds is 2. The molecule has 1 aromatic carbocycles. The molecule has 2 atom stereocenters. The summed E-state index contributed by atoms with van der Waals surface area (Å²) in [6.07, 6.45) is 1.12. The number of benzene rings is 1. The first-order valence-corrected chi connectivity index (χ1v) is 6.50. The molecule has 0 N–H and O–H groups in total. The van der Waals surface area contributed by atoms with Gasteiger partial charge in [-0.2, -0.15) is 0 Å². The maximum absolute atomic E-state index is 13.5. The van der Waals surface area contributed by atoms with E-state index in [2.05, 4.69) is 0 Å². The number of thioether (sulfide) groups is 1. The first-order valence-electron chi connectivity index (χ1n) is 5.18. The van der Waals surface area contributed by atoms with Gasteiger partial charge in [-0.25, -0.2) is 4.39 Å². The van der Waals surface area contributed by atoms with Crippen LogP contribution in [0.3, 0.4) is 0 Å². The molecular formula is C12H12ClFOS. The highest BCUT2D eigenvalue weighted by molar-refractivity contribution is 8.01. The fourth-order valence-electron chi connectivity index (χ4n) is 1.87. The molecule has 0 bridgehead atoms. The molecule has 1 fully saturated rings. The van der Waals surface area contributed by atoms with Gasteiger partial charge in [0.15, 0.2) is 0 Å². The zero-order valence-electron chi connectivity index (χ0n) is 8.87. The maximum atomic E-state index is 13.5. The predicted molar refractivity (Wildman–Crippen MR) is 65.6 cm³/mol. The third kappa shape index (κ3) is 2.58. The summed E-state index contributed by atoms with van der Waals surface area (Å²) in [5, 5.41) is 0.779. The molecule has 16 heavy (non-hydrogen) atoms. The molecule has 1 saturated heterocycles. The Labute approximate surface area is 103 Å². The van der Waals surface area contributed by atoms with Crippen LogP contribution in [0.2, 0.25) is 5.02 Å². The van der Waals surface area contributed by atoms with Gasteiger partial charge in [0.2, 0.25) is 0 Å². The van der Waals surface area contributed by atoms with E-state index in [-0.39, 0.29) is 22.1 Å². The van der Waals surface area contributed by atoms with Crippen molar-refractivity contribution in [1.29, 1.82) is 0 Å². The molecule has 0 aromatic heterocycles. The summed E-state index contributed by atoms with van der Waals surface area (Å²) in [4.78, 5) is 11.4. The van der Waals surface area contributed by atoms with E-state index in [0.29, 0.717) is 23.4 Å². The maximum Gasteiger partial charge on any atom is 0.146 e. The second kappa shape index (κ2) is 4.76. The summed E-state index contributed by atoms with van der Waals surface area (Å²) >= 11 is 7.44.